The molecule has 0 aliphatic carbocycles. The van der Waals surface area contributed by atoms with Crippen molar-refractivity contribution in [3.63, 3.8) is 0 Å². The molecule has 0 bridgehead atoms. The van der Waals surface area contributed by atoms with E-state index < -0.39 is 11.9 Å². The Balaban J connectivity index is 4.58. The predicted molar refractivity (Wildman–Crippen MR) is 142 cm³/mol. The highest BCUT2D eigenvalue weighted by molar-refractivity contribution is 5.90. The summed E-state index contributed by atoms with van der Waals surface area (Å²) in [6, 6.07) is 0. The van der Waals surface area contributed by atoms with Gasteiger partial charge in [-0.15, -0.1) is 0 Å². The van der Waals surface area contributed by atoms with Crippen LogP contribution in [0.1, 0.15) is 90.9 Å². The molecule has 3 N–H and O–H groups in total. The summed E-state index contributed by atoms with van der Waals surface area (Å²) in [5.41, 5.74) is 0.466. The van der Waals surface area contributed by atoms with E-state index in [9.17, 15) is 14.4 Å². The van der Waals surface area contributed by atoms with Crippen molar-refractivity contribution in [2.75, 3.05) is 26.2 Å². The molecule has 35 heavy (non-hydrogen) atoms. The van der Waals surface area contributed by atoms with E-state index in [0.717, 1.165) is 32.2 Å². The summed E-state index contributed by atoms with van der Waals surface area (Å²) in [6.07, 6.45) is 14.5. The summed E-state index contributed by atoms with van der Waals surface area (Å²) >= 11 is 0. The van der Waals surface area contributed by atoms with Gasteiger partial charge in [0.15, 0.2) is 0 Å². The lowest BCUT2D eigenvalue weighted by Crippen LogP contribution is -2.24. The number of allylic oxidation sites excluding steroid dienone is 1. The molecule has 0 aromatic carbocycles. The lowest BCUT2D eigenvalue weighted by Gasteiger charge is -2.16. The first-order valence-electron chi connectivity index (χ1n) is 13.3. The molecule has 0 fully saturated rings. The number of carboxylic acids is 1. The monoisotopic (exact) mass is 492 g/mol. The molecule has 200 valence electrons. The summed E-state index contributed by atoms with van der Waals surface area (Å²) in [6.45, 7) is 14.2. The largest absolute Gasteiger partial charge is 0.478 e. The van der Waals surface area contributed by atoms with Crippen LogP contribution in [0.5, 0.6) is 0 Å². The van der Waals surface area contributed by atoms with Crippen LogP contribution in [0, 0.1) is 5.92 Å². The van der Waals surface area contributed by atoms with E-state index >= 15 is 0 Å². The van der Waals surface area contributed by atoms with Crippen LogP contribution in [-0.2, 0) is 19.1 Å². The second kappa shape index (κ2) is 22.1. The van der Waals surface area contributed by atoms with Crippen molar-refractivity contribution in [2.45, 2.75) is 90.9 Å². The number of ether oxygens (including phenoxy) is 1. The van der Waals surface area contributed by atoms with Crippen LogP contribution in [0.15, 0.2) is 36.5 Å². The van der Waals surface area contributed by atoms with Gasteiger partial charge in [0.25, 0.3) is 0 Å². The Labute approximate surface area is 212 Å². The number of esters is 1. The van der Waals surface area contributed by atoms with Gasteiger partial charge < -0.3 is 20.5 Å². The van der Waals surface area contributed by atoms with Crippen LogP contribution in [0.25, 0.3) is 0 Å². The van der Waals surface area contributed by atoms with Crippen molar-refractivity contribution in [1.82, 2.24) is 10.6 Å². The maximum absolute atomic E-state index is 12.5. The minimum Gasteiger partial charge on any atom is -0.478 e. The van der Waals surface area contributed by atoms with Crippen molar-refractivity contribution in [2.24, 2.45) is 5.92 Å². The molecule has 0 aliphatic heterocycles. The van der Waals surface area contributed by atoms with E-state index in [4.69, 9.17) is 9.84 Å². The number of aliphatic carboxylic acids is 1. The Morgan fingerprint density at radius 1 is 0.886 bits per heavy atom. The molecule has 1 unspecified atom stereocenters. The Bertz CT molecular complexity index is 672. The minimum absolute atomic E-state index is 0.149. The molecule has 0 spiro atoms. The Morgan fingerprint density at radius 3 is 2.26 bits per heavy atom. The maximum atomic E-state index is 12.5. The summed E-state index contributed by atoms with van der Waals surface area (Å²) < 4.78 is 5.33. The lowest BCUT2D eigenvalue weighted by atomic mass is 9.96. The molecule has 7 nitrogen and oxygen atoms in total. The topological polar surface area (TPSA) is 105 Å². The first kappa shape index (κ1) is 32.6. The molecule has 1 amide bonds. The quantitative estimate of drug-likeness (QED) is 0.101. The number of carbonyl (C=O) groups excluding carboxylic acids is 2. The number of hydrogen-bond acceptors (Lipinski definition) is 5. The molecule has 0 saturated carbocycles. The van der Waals surface area contributed by atoms with E-state index in [0.29, 0.717) is 44.3 Å². The predicted octanol–water partition coefficient (Wildman–Crippen LogP) is 5.33. The van der Waals surface area contributed by atoms with Crippen molar-refractivity contribution >= 4 is 17.8 Å². The van der Waals surface area contributed by atoms with Gasteiger partial charge in [-0.05, 0) is 57.7 Å². The zero-order chi connectivity index (χ0) is 26.3. The molecule has 0 aliphatic rings. The lowest BCUT2D eigenvalue weighted by molar-refractivity contribution is -0.139. The van der Waals surface area contributed by atoms with Gasteiger partial charge >= 0.3 is 11.9 Å². The van der Waals surface area contributed by atoms with Crippen LogP contribution >= 0.6 is 0 Å². The average molecular weight is 493 g/mol. The van der Waals surface area contributed by atoms with E-state index in [1.807, 2.05) is 0 Å². The SMILES string of the molecule is C=C(CCCCOC(=O)C(=C)C(C=CC(=O)NCCCCCCCC)CCNCCCC)C(=O)O. The van der Waals surface area contributed by atoms with Gasteiger partial charge in [-0.25, -0.2) is 9.59 Å². The van der Waals surface area contributed by atoms with Gasteiger partial charge in [0.2, 0.25) is 5.91 Å². The molecular weight excluding hydrogens is 444 g/mol. The van der Waals surface area contributed by atoms with Crippen LogP contribution in [0.2, 0.25) is 0 Å². The smallest absolute Gasteiger partial charge is 0.334 e. The Morgan fingerprint density at radius 2 is 1.57 bits per heavy atom. The first-order valence-corrected chi connectivity index (χ1v) is 13.3. The van der Waals surface area contributed by atoms with E-state index in [-0.39, 0.29) is 24.0 Å². The van der Waals surface area contributed by atoms with E-state index in [2.05, 4.69) is 37.6 Å². The summed E-state index contributed by atoms with van der Waals surface area (Å²) in [5, 5.41) is 15.1. The van der Waals surface area contributed by atoms with Crippen molar-refractivity contribution < 1.29 is 24.2 Å². The Hall–Kier alpha value is -2.41. The normalized spacial score (nSPS) is 11.8. The van der Waals surface area contributed by atoms with Gasteiger partial charge in [0.05, 0.1) is 6.61 Å². The summed E-state index contributed by atoms with van der Waals surface area (Å²) in [7, 11) is 0. The average Bonchev–Trinajstić information content (AvgIpc) is 2.84. The standard InChI is InChI=1S/C28H48N2O5/c1-5-7-9-10-11-13-20-30-26(31)17-16-25(18-21-29-19-8-6-2)24(4)28(34)35-22-14-12-15-23(3)27(32)33/h16-17,25,29H,3-15,18-22H2,1-2H3,(H,30,31)(H,32,33). The van der Waals surface area contributed by atoms with Crippen LogP contribution in [0.4, 0.5) is 0 Å². The highest BCUT2D eigenvalue weighted by Gasteiger charge is 2.18. The summed E-state index contributed by atoms with van der Waals surface area (Å²) in [5.74, 6) is -1.96. The molecule has 7 heteroatoms. The molecule has 0 rings (SSSR count). The molecule has 1 atom stereocenters. The summed E-state index contributed by atoms with van der Waals surface area (Å²) in [4.78, 5) is 35.5. The van der Waals surface area contributed by atoms with Gasteiger partial charge in [-0.1, -0.05) is 71.6 Å². The van der Waals surface area contributed by atoms with Crippen LogP contribution in [-0.4, -0.2) is 49.2 Å². The Kier molecular flexibility index (Phi) is 20.6. The van der Waals surface area contributed by atoms with Gasteiger partial charge in [0, 0.05) is 23.6 Å². The number of amides is 1. The molecule has 0 saturated heterocycles. The highest BCUT2D eigenvalue weighted by Crippen LogP contribution is 2.17. The zero-order valence-corrected chi connectivity index (χ0v) is 22.0. The molecular formula is C28H48N2O5. The van der Waals surface area contributed by atoms with Crippen LogP contribution in [0.3, 0.4) is 0 Å². The molecule has 0 radical (unpaired) electrons. The van der Waals surface area contributed by atoms with Crippen LogP contribution < -0.4 is 10.6 Å². The zero-order valence-electron chi connectivity index (χ0n) is 22.0. The third-order valence-electron chi connectivity index (χ3n) is 5.77. The fraction of sp³-hybridized carbons (Fsp3) is 0.679. The number of unbranched alkanes of at least 4 members (excludes halogenated alkanes) is 7. The fourth-order valence-electron chi connectivity index (χ4n) is 3.41. The van der Waals surface area contributed by atoms with Crippen molar-refractivity contribution in [3.05, 3.63) is 36.5 Å². The fourth-order valence-corrected chi connectivity index (χ4v) is 3.41. The van der Waals surface area contributed by atoms with Gasteiger partial charge in [-0.3, -0.25) is 4.79 Å². The number of carboxylic acid groups (broad SMARTS) is 1. The number of hydrogen-bond donors (Lipinski definition) is 3. The van der Waals surface area contributed by atoms with Gasteiger partial charge in [-0.2, -0.15) is 0 Å². The number of carbonyl (C=O) groups is 3. The third-order valence-corrected chi connectivity index (χ3v) is 5.77. The second-order valence-electron chi connectivity index (χ2n) is 8.94. The second-order valence-corrected chi connectivity index (χ2v) is 8.94. The molecule has 0 aromatic heterocycles. The van der Waals surface area contributed by atoms with Gasteiger partial charge in [0.1, 0.15) is 0 Å². The highest BCUT2D eigenvalue weighted by atomic mass is 16.5. The first-order chi connectivity index (χ1) is 16.8. The number of rotatable bonds is 23. The maximum Gasteiger partial charge on any atom is 0.334 e. The molecule has 0 heterocycles. The van der Waals surface area contributed by atoms with Crippen molar-refractivity contribution in [1.29, 1.82) is 0 Å². The number of nitrogens with one attached hydrogen (secondary N) is 2. The third kappa shape index (κ3) is 18.6. The molecule has 0 aromatic rings. The van der Waals surface area contributed by atoms with E-state index in [1.54, 1.807) is 6.08 Å². The van der Waals surface area contributed by atoms with E-state index in [1.165, 1.54) is 31.8 Å². The van der Waals surface area contributed by atoms with Crippen molar-refractivity contribution in [3.8, 4) is 0 Å². The minimum atomic E-state index is -1.01.